The van der Waals surface area contributed by atoms with Crippen LogP contribution in [0.15, 0.2) is 79.2 Å². The van der Waals surface area contributed by atoms with Crippen LogP contribution in [0.4, 0.5) is 0 Å². The molecule has 2 atom stereocenters. The van der Waals surface area contributed by atoms with Gasteiger partial charge >= 0.3 is 5.97 Å². The van der Waals surface area contributed by atoms with Crippen LogP contribution in [0.2, 0.25) is 0 Å². The van der Waals surface area contributed by atoms with Crippen LogP contribution >= 0.6 is 0 Å². The van der Waals surface area contributed by atoms with Gasteiger partial charge in [0, 0.05) is 30.8 Å². The number of nitrogens with zero attached hydrogens (tertiary/aromatic N) is 1. The summed E-state index contributed by atoms with van der Waals surface area (Å²) in [4.78, 5) is 28.1. The lowest BCUT2D eigenvalue weighted by Gasteiger charge is -2.29. The lowest BCUT2D eigenvalue weighted by atomic mass is 9.81. The summed E-state index contributed by atoms with van der Waals surface area (Å²) in [6.45, 7) is 8.17. The van der Waals surface area contributed by atoms with Gasteiger partial charge < -0.3 is 10.4 Å². The largest absolute Gasteiger partial charge is 0.478 e. The Morgan fingerprint density at radius 2 is 1.43 bits per heavy atom. The predicted molar refractivity (Wildman–Crippen MR) is 155 cm³/mol. The first kappa shape index (κ1) is 31.8. The molecule has 2 unspecified atom stereocenters. The summed E-state index contributed by atoms with van der Waals surface area (Å²) >= 11 is 0. The van der Waals surface area contributed by atoms with Crippen molar-refractivity contribution in [2.24, 2.45) is 5.92 Å². The summed E-state index contributed by atoms with van der Waals surface area (Å²) in [5.41, 5.74) is 0.907. The topological polar surface area (TPSA) is 79.3 Å². The van der Waals surface area contributed by atoms with Gasteiger partial charge in [0.25, 0.3) is 0 Å². The molecular formula is C32H46N2O3. The molecule has 1 amide bonds. The molecule has 1 rings (SSSR count). The lowest BCUT2D eigenvalue weighted by molar-refractivity contribution is -0.122. The molecule has 0 aliphatic rings. The van der Waals surface area contributed by atoms with E-state index in [4.69, 9.17) is 0 Å². The minimum absolute atomic E-state index is 0.00330. The predicted octanol–water partition coefficient (Wildman–Crippen LogP) is 7.95. The average molecular weight is 507 g/mol. The molecule has 2 N–H and O–H groups in total. The third-order valence-electron chi connectivity index (χ3n) is 6.02. The molecular weight excluding hydrogens is 460 g/mol. The Morgan fingerprint density at radius 3 is 1.95 bits per heavy atom. The van der Waals surface area contributed by atoms with E-state index in [1.807, 2.05) is 20.8 Å². The van der Waals surface area contributed by atoms with Gasteiger partial charge in [-0.3, -0.25) is 9.78 Å². The van der Waals surface area contributed by atoms with E-state index in [-0.39, 0.29) is 29.3 Å². The zero-order valence-electron chi connectivity index (χ0n) is 23.1. The number of carboxylic acid groups (broad SMARTS) is 1. The van der Waals surface area contributed by atoms with E-state index in [9.17, 15) is 14.7 Å². The second-order valence-corrected chi connectivity index (χ2v) is 9.49. The van der Waals surface area contributed by atoms with Crippen molar-refractivity contribution in [3.8, 4) is 0 Å². The maximum Gasteiger partial charge on any atom is 0.337 e. The minimum Gasteiger partial charge on any atom is -0.478 e. The number of nitrogens with one attached hydrogen (secondary N) is 1. The Kier molecular flexibility index (Phi) is 17.1. The third-order valence-corrected chi connectivity index (χ3v) is 6.02. The number of hydrogen-bond donors (Lipinski definition) is 2. The van der Waals surface area contributed by atoms with Crippen LogP contribution in [0.5, 0.6) is 0 Å². The number of amides is 1. The zero-order chi connectivity index (χ0) is 27.3. The first-order chi connectivity index (χ1) is 17.9. The van der Waals surface area contributed by atoms with Crippen molar-refractivity contribution in [2.45, 2.75) is 91.0 Å². The highest BCUT2D eigenvalue weighted by Crippen LogP contribution is 2.30. The number of rotatable bonds is 18. The van der Waals surface area contributed by atoms with Crippen LogP contribution < -0.4 is 5.32 Å². The van der Waals surface area contributed by atoms with E-state index in [0.717, 1.165) is 44.9 Å². The van der Waals surface area contributed by atoms with Crippen LogP contribution in [0, 0.1) is 5.92 Å². The van der Waals surface area contributed by atoms with Gasteiger partial charge in [0.2, 0.25) is 5.91 Å². The van der Waals surface area contributed by atoms with E-state index >= 15 is 0 Å². The van der Waals surface area contributed by atoms with Crippen LogP contribution in [0.3, 0.4) is 0 Å². The molecule has 5 nitrogen and oxygen atoms in total. The van der Waals surface area contributed by atoms with Gasteiger partial charge in [-0.2, -0.15) is 0 Å². The van der Waals surface area contributed by atoms with Crippen LogP contribution in [-0.2, 0) is 4.79 Å². The average Bonchev–Trinajstić information content (AvgIpc) is 2.86. The highest BCUT2D eigenvalue weighted by molar-refractivity contribution is 5.89. The van der Waals surface area contributed by atoms with E-state index in [2.05, 4.69) is 78.0 Å². The molecule has 0 saturated heterocycles. The Bertz CT molecular complexity index is 941. The number of carboxylic acids is 1. The fourth-order valence-corrected chi connectivity index (χ4v) is 4.25. The van der Waals surface area contributed by atoms with Crippen LogP contribution in [0.1, 0.15) is 101 Å². The van der Waals surface area contributed by atoms with Crippen molar-refractivity contribution in [1.82, 2.24) is 10.3 Å². The molecule has 37 heavy (non-hydrogen) atoms. The van der Waals surface area contributed by atoms with Gasteiger partial charge in [-0.25, -0.2) is 4.79 Å². The summed E-state index contributed by atoms with van der Waals surface area (Å²) < 4.78 is 0. The second-order valence-electron chi connectivity index (χ2n) is 9.49. The lowest BCUT2D eigenvalue weighted by Crippen LogP contribution is -2.39. The van der Waals surface area contributed by atoms with E-state index in [1.165, 1.54) is 6.20 Å². The molecule has 0 spiro atoms. The van der Waals surface area contributed by atoms with E-state index in [0.29, 0.717) is 12.0 Å². The Hall–Kier alpha value is -3.21. The van der Waals surface area contributed by atoms with E-state index in [1.54, 1.807) is 12.3 Å². The summed E-state index contributed by atoms with van der Waals surface area (Å²) in [6, 6.07) is 1.57. The fourth-order valence-electron chi connectivity index (χ4n) is 4.25. The summed E-state index contributed by atoms with van der Waals surface area (Å²) in [7, 11) is 0. The Morgan fingerprint density at radius 1 is 0.892 bits per heavy atom. The normalized spacial score (nSPS) is 14.1. The molecule has 0 aliphatic heterocycles. The number of pyridine rings is 1. The summed E-state index contributed by atoms with van der Waals surface area (Å²) in [5.74, 6) is -0.943. The van der Waals surface area contributed by atoms with Crippen molar-refractivity contribution in [1.29, 1.82) is 0 Å². The van der Waals surface area contributed by atoms with Gasteiger partial charge in [-0.1, -0.05) is 81.5 Å². The monoisotopic (exact) mass is 506 g/mol. The second kappa shape index (κ2) is 19.9. The van der Waals surface area contributed by atoms with Gasteiger partial charge in [0.05, 0.1) is 5.56 Å². The van der Waals surface area contributed by atoms with E-state index < -0.39 is 5.97 Å². The van der Waals surface area contributed by atoms with Crippen LogP contribution in [0.25, 0.3) is 0 Å². The molecule has 5 heteroatoms. The summed E-state index contributed by atoms with van der Waals surface area (Å²) in [6.07, 6.45) is 31.8. The molecule has 0 radical (unpaired) electrons. The number of carbonyl (C=O) groups is 2. The molecule has 1 aromatic rings. The van der Waals surface area contributed by atoms with Crippen molar-refractivity contribution < 1.29 is 14.7 Å². The molecule has 0 aromatic carbocycles. The number of carbonyl (C=O) groups excluding carboxylic acids is 1. The van der Waals surface area contributed by atoms with Gasteiger partial charge in [-0.05, 0) is 69.4 Å². The molecule has 0 saturated carbocycles. The Balaban J connectivity index is 2.29. The molecule has 0 fully saturated rings. The maximum absolute atomic E-state index is 12.5. The summed E-state index contributed by atoms with van der Waals surface area (Å²) in [5, 5.41) is 12.6. The fraction of sp³-hybridized carbons (Fsp3) is 0.469. The first-order valence-electron chi connectivity index (χ1n) is 13.6. The number of unbranched alkanes of at least 4 members (excludes halogenated alkanes) is 1. The molecule has 0 bridgehead atoms. The van der Waals surface area contributed by atoms with Gasteiger partial charge in [-0.15, -0.1) is 0 Å². The highest BCUT2D eigenvalue weighted by atomic mass is 16.4. The third kappa shape index (κ3) is 14.2. The SMILES string of the molecule is CC/C=C\C/C=C\C/C=C\C/C=C\C/C=C\CCCC(=O)NC(C)C(c1ccncc1C(=O)O)C(C)C. The van der Waals surface area contributed by atoms with Crippen molar-refractivity contribution >= 4 is 11.9 Å². The smallest absolute Gasteiger partial charge is 0.337 e. The quantitative estimate of drug-likeness (QED) is 0.156. The van der Waals surface area contributed by atoms with Crippen molar-refractivity contribution in [3.05, 3.63) is 90.3 Å². The maximum atomic E-state index is 12.5. The number of aromatic carboxylic acids is 1. The Labute approximate surface area is 224 Å². The number of allylic oxidation sites excluding steroid dienone is 10. The standard InChI is InChI=1S/C32H46N2O3/c1-5-6-7-8-9-10-11-12-13-14-15-16-17-18-19-20-21-22-30(35)34-27(4)31(26(2)3)28-23-24-33-25-29(28)32(36)37/h6-7,9-10,12-13,15-16,18-19,23-27,31H,5,8,11,14,17,20-22H2,1-4H3,(H,34,35)(H,36,37)/b7-6-,10-9-,13-12-,16-15-,19-18-. The highest BCUT2D eigenvalue weighted by Gasteiger charge is 2.28. The molecule has 0 aliphatic carbocycles. The van der Waals surface area contributed by atoms with Crippen molar-refractivity contribution in [2.75, 3.05) is 0 Å². The first-order valence-corrected chi connectivity index (χ1v) is 13.6. The molecule has 1 heterocycles. The number of hydrogen-bond acceptors (Lipinski definition) is 3. The molecule has 202 valence electrons. The number of aromatic nitrogens is 1. The van der Waals surface area contributed by atoms with Crippen LogP contribution in [-0.4, -0.2) is 28.0 Å². The zero-order valence-corrected chi connectivity index (χ0v) is 23.1. The van der Waals surface area contributed by atoms with Gasteiger partial charge in [0.1, 0.15) is 0 Å². The van der Waals surface area contributed by atoms with Crippen molar-refractivity contribution in [3.63, 3.8) is 0 Å². The molecule has 1 aromatic heterocycles. The van der Waals surface area contributed by atoms with Gasteiger partial charge in [0.15, 0.2) is 0 Å². The minimum atomic E-state index is -0.996.